The summed E-state index contributed by atoms with van der Waals surface area (Å²) in [6.45, 7) is 9.97. The first-order chi connectivity index (χ1) is 7.52. The first-order valence-corrected chi connectivity index (χ1v) is 5.69. The summed E-state index contributed by atoms with van der Waals surface area (Å²) in [5.74, 6) is -0.150. The van der Waals surface area contributed by atoms with Gasteiger partial charge in [-0.05, 0) is 6.08 Å². The van der Waals surface area contributed by atoms with Crippen molar-refractivity contribution in [3.05, 3.63) is 34.9 Å². The quantitative estimate of drug-likeness (QED) is 0.621. The first-order valence-electron chi connectivity index (χ1n) is 4.93. The van der Waals surface area contributed by atoms with Crippen LogP contribution in [-0.4, -0.2) is 37.0 Å². The number of carbonyl (C=O) groups excluding carboxylic acids is 1. The standard InChI is InChI=1S/C11H14Cl2N2O/c1-8(12)7-10(9(2)13)11(16)15-5-3-14-4-6-15/h7,14H,1-6H2/b10-7+. The number of allylic oxidation sites excluding steroid dienone is 2. The lowest BCUT2D eigenvalue weighted by atomic mass is 10.2. The van der Waals surface area contributed by atoms with Gasteiger partial charge in [-0.25, -0.2) is 0 Å². The van der Waals surface area contributed by atoms with Crippen molar-refractivity contribution >= 4 is 29.1 Å². The van der Waals surface area contributed by atoms with Crippen LogP contribution in [0.4, 0.5) is 0 Å². The van der Waals surface area contributed by atoms with Crippen LogP contribution in [0.3, 0.4) is 0 Å². The van der Waals surface area contributed by atoms with Crippen LogP contribution in [0, 0.1) is 0 Å². The summed E-state index contributed by atoms with van der Waals surface area (Å²) >= 11 is 11.4. The van der Waals surface area contributed by atoms with Gasteiger partial charge in [0.05, 0.1) is 5.57 Å². The lowest BCUT2D eigenvalue weighted by Crippen LogP contribution is -2.46. The Morgan fingerprint density at radius 1 is 1.25 bits per heavy atom. The number of nitrogens with zero attached hydrogens (tertiary/aromatic N) is 1. The molecular formula is C11H14Cl2N2O. The number of hydrogen-bond acceptors (Lipinski definition) is 2. The predicted octanol–water partition coefficient (Wildman–Crippen LogP) is 1.85. The molecule has 0 atom stereocenters. The van der Waals surface area contributed by atoms with Gasteiger partial charge in [0.15, 0.2) is 0 Å². The second-order valence-electron chi connectivity index (χ2n) is 3.45. The van der Waals surface area contributed by atoms with Crippen LogP contribution >= 0.6 is 23.2 Å². The van der Waals surface area contributed by atoms with Gasteiger partial charge in [-0.2, -0.15) is 0 Å². The maximum absolute atomic E-state index is 12.1. The van der Waals surface area contributed by atoms with Crippen molar-refractivity contribution in [2.24, 2.45) is 0 Å². The Balaban J connectivity index is 2.82. The molecule has 16 heavy (non-hydrogen) atoms. The first kappa shape index (κ1) is 13.3. The van der Waals surface area contributed by atoms with E-state index in [0.29, 0.717) is 18.7 Å². The molecule has 1 saturated heterocycles. The summed E-state index contributed by atoms with van der Waals surface area (Å²) in [6, 6.07) is 0. The molecule has 3 nitrogen and oxygen atoms in total. The second kappa shape index (κ2) is 6.09. The molecule has 0 radical (unpaired) electrons. The van der Waals surface area contributed by atoms with E-state index in [0.717, 1.165) is 13.1 Å². The maximum atomic E-state index is 12.1. The summed E-state index contributed by atoms with van der Waals surface area (Å²) in [7, 11) is 0. The minimum Gasteiger partial charge on any atom is -0.336 e. The molecule has 0 aromatic rings. The fourth-order valence-electron chi connectivity index (χ4n) is 1.45. The highest BCUT2D eigenvalue weighted by atomic mass is 35.5. The molecule has 1 aliphatic heterocycles. The van der Waals surface area contributed by atoms with Crippen molar-refractivity contribution in [3.8, 4) is 0 Å². The Morgan fingerprint density at radius 3 is 2.25 bits per heavy atom. The summed E-state index contributed by atoms with van der Waals surface area (Å²) in [6.07, 6.45) is 1.45. The van der Waals surface area contributed by atoms with Crippen molar-refractivity contribution in [3.63, 3.8) is 0 Å². The number of rotatable bonds is 3. The predicted molar refractivity (Wildman–Crippen MR) is 67.5 cm³/mol. The van der Waals surface area contributed by atoms with E-state index in [1.165, 1.54) is 6.08 Å². The van der Waals surface area contributed by atoms with E-state index in [9.17, 15) is 4.79 Å². The third-order valence-electron chi connectivity index (χ3n) is 2.23. The molecule has 0 spiro atoms. The fourth-order valence-corrected chi connectivity index (χ4v) is 1.70. The Kier molecular flexibility index (Phi) is 5.06. The Bertz CT molecular complexity index is 344. The van der Waals surface area contributed by atoms with E-state index in [4.69, 9.17) is 23.2 Å². The Labute approximate surface area is 105 Å². The van der Waals surface area contributed by atoms with Crippen molar-refractivity contribution < 1.29 is 4.79 Å². The van der Waals surface area contributed by atoms with Gasteiger partial charge in [0, 0.05) is 36.2 Å². The van der Waals surface area contributed by atoms with Crippen molar-refractivity contribution in [1.29, 1.82) is 0 Å². The zero-order valence-corrected chi connectivity index (χ0v) is 10.4. The minimum atomic E-state index is -0.150. The van der Waals surface area contributed by atoms with Gasteiger partial charge in [-0.1, -0.05) is 36.4 Å². The molecule has 1 rings (SSSR count). The highest BCUT2D eigenvalue weighted by Gasteiger charge is 2.21. The van der Waals surface area contributed by atoms with E-state index in [2.05, 4.69) is 18.5 Å². The second-order valence-corrected chi connectivity index (χ2v) is 4.39. The van der Waals surface area contributed by atoms with E-state index < -0.39 is 0 Å². The number of piperazine rings is 1. The molecule has 1 amide bonds. The molecule has 0 aromatic carbocycles. The smallest absolute Gasteiger partial charge is 0.255 e. The lowest BCUT2D eigenvalue weighted by molar-refractivity contribution is -0.127. The van der Waals surface area contributed by atoms with Crippen LogP contribution < -0.4 is 5.32 Å². The molecule has 0 bridgehead atoms. The number of nitrogens with one attached hydrogen (secondary N) is 1. The summed E-state index contributed by atoms with van der Waals surface area (Å²) in [5, 5.41) is 3.62. The molecule has 1 N–H and O–H groups in total. The summed E-state index contributed by atoms with van der Waals surface area (Å²) < 4.78 is 0. The molecule has 1 aliphatic rings. The fraction of sp³-hybridized carbons (Fsp3) is 0.364. The molecular weight excluding hydrogens is 247 g/mol. The minimum absolute atomic E-state index is 0.150. The molecule has 1 fully saturated rings. The van der Waals surface area contributed by atoms with Gasteiger partial charge in [0.25, 0.3) is 5.91 Å². The molecule has 1 heterocycles. The zero-order valence-electron chi connectivity index (χ0n) is 8.93. The molecule has 0 aliphatic carbocycles. The number of carbonyl (C=O) groups is 1. The van der Waals surface area contributed by atoms with Gasteiger partial charge >= 0.3 is 0 Å². The van der Waals surface area contributed by atoms with Crippen LogP contribution in [0.5, 0.6) is 0 Å². The largest absolute Gasteiger partial charge is 0.336 e. The van der Waals surface area contributed by atoms with Gasteiger partial charge in [-0.3, -0.25) is 4.79 Å². The topological polar surface area (TPSA) is 32.3 Å². The van der Waals surface area contributed by atoms with Crippen molar-refractivity contribution in [1.82, 2.24) is 10.2 Å². The highest BCUT2D eigenvalue weighted by Crippen LogP contribution is 2.18. The van der Waals surface area contributed by atoms with E-state index in [1.54, 1.807) is 4.90 Å². The maximum Gasteiger partial charge on any atom is 0.255 e. The summed E-state index contributed by atoms with van der Waals surface area (Å²) in [5.41, 5.74) is 0.309. The van der Waals surface area contributed by atoms with E-state index in [-0.39, 0.29) is 16.0 Å². The molecule has 0 aromatic heterocycles. The molecule has 5 heteroatoms. The number of amides is 1. The van der Waals surface area contributed by atoms with Gasteiger partial charge in [-0.15, -0.1) is 0 Å². The average molecular weight is 261 g/mol. The summed E-state index contributed by atoms with van der Waals surface area (Å²) in [4.78, 5) is 13.8. The monoisotopic (exact) mass is 260 g/mol. The van der Waals surface area contributed by atoms with Crippen LogP contribution in [0.1, 0.15) is 0 Å². The van der Waals surface area contributed by atoms with Gasteiger partial charge in [0.2, 0.25) is 0 Å². The zero-order chi connectivity index (χ0) is 12.1. The van der Waals surface area contributed by atoms with Crippen LogP contribution in [-0.2, 0) is 4.79 Å². The molecule has 0 saturated carbocycles. The van der Waals surface area contributed by atoms with Crippen LogP contribution in [0.15, 0.2) is 34.9 Å². The third kappa shape index (κ3) is 3.67. The number of halogens is 2. The average Bonchev–Trinajstić information content (AvgIpc) is 2.25. The Morgan fingerprint density at radius 2 is 1.81 bits per heavy atom. The lowest BCUT2D eigenvalue weighted by Gasteiger charge is -2.28. The van der Waals surface area contributed by atoms with Crippen molar-refractivity contribution in [2.75, 3.05) is 26.2 Å². The highest BCUT2D eigenvalue weighted by molar-refractivity contribution is 6.36. The number of hydrogen-bond donors (Lipinski definition) is 1. The third-order valence-corrected chi connectivity index (χ3v) is 2.54. The Hall–Kier alpha value is -0.770. The molecule has 88 valence electrons. The molecule has 0 unspecified atom stereocenters. The van der Waals surface area contributed by atoms with E-state index >= 15 is 0 Å². The van der Waals surface area contributed by atoms with Crippen LogP contribution in [0.2, 0.25) is 0 Å². The normalized spacial score (nSPS) is 17.1. The van der Waals surface area contributed by atoms with Gasteiger partial charge in [0.1, 0.15) is 0 Å². The van der Waals surface area contributed by atoms with E-state index in [1.807, 2.05) is 0 Å². The van der Waals surface area contributed by atoms with Gasteiger partial charge < -0.3 is 10.2 Å². The van der Waals surface area contributed by atoms with Crippen molar-refractivity contribution in [2.45, 2.75) is 0 Å². The SMILES string of the molecule is C=C(Cl)/C=C(\C(=C)Cl)C(=O)N1CCNCC1. The van der Waals surface area contributed by atoms with Crippen LogP contribution in [0.25, 0.3) is 0 Å².